The molecule has 0 bridgehead atoms. The van der Waals surface area contributed by atoms with Gasteiger partial charge in [-0.1, -0.05) is 0 Å². The Bertz CT molecular complexity index is 778. The molecule has 0 amide bonds. The second kappa shape index (κ2) is 5.46. The maximum atomic E-state index is 5.52. The monoisotopic (exact) mass is 382 g/mol. The van der Waals surface area contributed by atoms with Crippen molar-refractivity contribution in [3.63, 3.8) is 0 Å². The Kier molecular flexibility index (Phi) is 3.70. The molecule has 0 aliphatic carbocycles. The normalized spacial score (nSPS) is 10.6. The molecule has 0 N–H and O–H groups in total. The standard InChI is InChI=1S/C16H12OSTe/c1-17-12-7-8-13-14(18)10-15(19-16(13)9-12)11-5-3-2-4-6-11/h2-10H,1H3. The van der Waals surface area contributed by atoms with Gasteiger partial charge < -0.3 is 0 Å². The summed E-state index contributed by atoms with van der Waals surface area (Å²) < 4.78 is 9.02. The molecule has 0 saturated heterocycles. The van der Waals surface area contributed by atoms with Crippen molar-refractivity contribution in [2.45, 2.75) is 0 Å². The molecule has 1 aromatic heterocycles. The van der Waals surface area contributed by atoms with Gasteiger partial charge in [-0.15, -0.1) is 0 Å². The molecule has 19 heavy (non-hydrogen) atoms. The molecule has 1 heterocycles. The predicted molar refractivity (Wildman–Crippen MR) is 83.7 cm³/mol. The van der Waals surface area contributed by atoms with Crippen molar-refractivity contribution in [3.05, 3.63) is 59.1 Å². The van der Waals surface area contributed by atoms with Gasteiger partial charge in [-0.05, 0) is 0 Å². The first-order valence-electron chi connectivity index (χ1n) is 5.95. The van der Waals surface area contributed by atoms with Crippen LogP contribution in [-0.2, 0) is 0 Å². The van der Waals surface area contributed by atoms with Gasteiger partial charge in [0.15, 0.2) is 0 Å². The van der Waals surface area contributed by atoms with Crippen LogP contribution in [0.25, 0.3) is 17.9 Å². The molecule has 3 heteroatoms. The van der Waals surface area contributed by atoms with Crippen LogP contribution in [-0.4, -0.2) is 27.5 Å². The van der Waals surface area contributed by atoms with Gasteiger partial charge in [0.1, 0.15) is 0 Å². The van der Waals surface area contributed by atoms with E-state index in [1.54, 1.807) is 7.11 Å². The molecule has 3 rings (SSSR count). The number of ether oxygens (including phenoxy) is 1. The van der Waals surface area contributed by atoms with Gasteiger partial charge in [0.2, 0.25) is 0 Å². The summed E-state index contributed by atoms with van der Waals surface area (Å²) in [5, 5.41) is 1.21. The van der Waals surface area contributed by atoms with Crippen molar-refractivity contribution < 1.29 is 4.74 Å². The van der Waals surface area contributed by atoms with Gasteiger partial charge in [-0.3, -0.25) is 0 Å². The van der Waals surface area contributed by atoms with Crippen LogP contribution in [0.15, 0.2) is 54.6 Å². The first-order chi connectivity index (χ1) is 9.28. The van der Waals surface area contributed by atoms with E-state index in [2.05, 4.69) is 42.5 Å². The molecule has 2 aromatic carbocycles. The van der Waals surface area contributed by atoms with Gasteiger partial charge >= 0.3 is 127 Å². The Labute approximate surface area is 127 Å². The Morgan fingerprint density at radius 3 is 2.53 bits per heavy atom. The first kappa shape index (κ1) is 12.9. The summed E-state index contributed by atoms with van der Waals surface area (Å²) in [5.41, 5.74) is 1.29. The van der Waals surface area contributed by atoms with Gasteiger partial charge in [-0.2, -0.15) is 0 Å². The van der Waals surface area contributed by atoms with E-state index in [0.717, 1.165) is 10.3 Å². The molecular formula is C16H12OSTe. The fourth-order valence-corrected chi connectivity index (χ4v) is 5.96. The summed E-state index contributed by atoms with van der Waals surface area (Å²) in [7, 11) is 1.71. The van der Waals surface area contributed by atoms with Crippen LogP contribution in [0.5, 0.6) is 5.75 Å². The van der Waals surface area contributed by atoms with Crippen molar-refractivity contribution >= 4 is 41.4 Å². The van der Waals surface area contributed by atoms with Crippen LogP contribution < -0.4 is 4.74 Å². The molecule has 0 fully saturated rings. The summed E-state index contributed by atoms with van der Waals surface area (Å²) in [5.74, 6) is 0.918. The third kappa shape index (κ3) is 2.60. The summed E-state index contributed by atoms with van der Waals surface area (Å²) in [4.78, 5) is 0. The minimum absolute atomic E-state index is 0.407. The number of benzene rings is 2. The second-order valence-corrected chi connectivity index (χ2v) is 7.74. The average Bonchev–Trinajstić information content (AvgIpc) is 2.47. The molecule has 3 aromatic rings. The molecule has 0 aliphatic rings. The van der Waals surface area contributed by atoms with E-state index in [1.807, 2.05) is 12.1 Å². The summed E-state index contributed by atoms with van der Waals surface area (Å²) in [6.45, 7) is 0. The van der Waals surface area contributed by atoms with Crippen molar-refractivity contribution in [3.8, 4) is 14.9 Å². The van der Waals surface area contributed by atoms with Gasteiger partial charge in [-0.25, -0.2) is 0 Å². The topological polar surface area (TPSA) is 9.23 Å². The maximum absolute atomic E-state index is 5.52. The Morgan fingerprint density at radius 1 is 1.00 bits per heavy atom. The first-order valence-corrected chi connectivity index (χ1v) is 8.69. The van der Waals surface area contributed by atoms with Crippen LogP contribution in [0.1, 0.15) is 0 Å². The van der Waals surface area contributed by atoms with E-state index in [0.29, 0.717) is 0 Å². The van der Waals surface area contributed by atoms with E-state index in [4.69, 9.17) is 17.0 Å². The zero-order valence-electron chi connectivity index (χ0n) is 10.4. The molecule has 0 atom stereocenters. The van der Waals surface area contributed by atoms with Crippen LogP contribution in [0.2, 0.25) is 0 Å². The zero-order chi connectivity index (χ0) is 13.2. The number of hydrogen-bond donors (Lipinski definition) is 0. The molecule has 94 valence electrons. The van der Waals surface area contributed by atoms with E-state index < -0.39 is 20.4 Å². The second-order valence-electron chi connectivity index (χ2n) is 4.20. The average molecular weight is 380 g/mol. The molecule has 0 saturated carbocycles. The fraction of sp³-hybridized carbons (Fsp3) is 0.0625. The third-order valence-electron chi connectivity index (χ3n) is 2.99. The Morgan fingerprint density at radius 2 is 1.79 bits per heavy atom. The molecule has 1 nitrogen and oxygen atoms in total. The van der Waals surface area contributed by atoms with Crippen molar-refractivity contribution in [1.29, 1.82) is 0 Å². The molecule has 0 spiro atoms. The van der Waals surface area contributed by atoms with E-state index in [9.17, 15) is 0 Å². The molecule has 0 aliphatic heterocycles. The van der Waals surface area contributed by atoms with E-state index >= 15 is 0 Å². The minimum atomic E-state index is -0.407. The molecule has 0 unspecified atom stereocenters. The number of hydrogen-bond acceptors (Lipinski definition) is 2. The summed E-state index contributed by atoms with van der Waals surface area (Å²) in [6, 6.07) is 18.9. The zero-order valence-corrected chi connectivity index (χ0v) is 13.6. The number of fused-ring (bicyclic) bond motifs is 1. The van der Waals surface area contributed by atoms with Crippen LogP contribution in [0, 0.1) is 4.51 Å². The fourth-order valence-electron chi connectivity index (χ4n) is 2.01. The number of methoxy groups -OCH3 is 1. The van der Waals surface area contributed by atoms with Crippen molar-refractivity contribution in [2.75, 3.05) is 7.11 Å². The van der Waals surface area contributed by atoms with Gasteiger partial charge in [0, 0.05) is 0 Å². The quantitative estimate of drug-likeness (QED) is 0.485. The molecular weight excluding hydrogens is 368 g/mol. The Balaban J connectivity index is 2.26. The summed E-state index contributed by atoms with van der Waals surface area (Å²) >= 11 is 5.11. The van der Waals surface area contributed by atoms with E-state index in [1.165, 1.54) is 17.9 Å². The van der Waals surface area contributed by atoms with Gasteiger partial charge in [0.25, 0.3) is 0 Å². The molecule has 0 radical (unpaired) electrons. The Hall–Kier alpha value is -1.14. The van der Waals surface area contributed by atoms with Crippen molar-refractivity contribution in [2.24, 2.45) is 0 Å². The van der Waals surface area contributed by atoms with Crippen molar-refractivity contribution in [1.82, 2.24) is 0 Å². The SMILES string of the molecule is COc1ccc2c(=S)cc(-c3ccccc3)[te]c2c1. The van der Waals surface area contributed by atoms with Gasteiger partial charge in [0.05, 0.1) is 0 Å². The van der Waals surface area contributed by atoms with Crippen LogP contribution in [0.4, 0.5) is 0 Å². The third-order valence-corrected chi connectivity index (χ3v) is 6.56. The number of rotatable bonds is 2. The summed E-state index contributed by atoms with van der Waals surface area (Å²) in [6.07, 6.45) is 0. The van der Waals surface area contributed by atoms with Crippen LogP contribution >= 0.6 is 12.2 Å². The van der Waals surface area contributed by atoms with E-state index in [-0.39, 0.29) is 0 Å². The van der Waals surface area contributed by atoms with Crippen LogP contribution in [0.3, 0.4) is 0 Å². The predicted octanol–water partition coefficient (Wildman–Crippen LogP) is 4.30.